The molecule has 0 aromatic rings. The second-order valence-corrected chi connectivity index (χ2v) is 4.38. The Bertz CT molecular complexity index is 190. The Kier molecular flexibility index (Phi) is 4.39. The van der Waals surface area contributed by atoms with Gasteiger partial charge >= 0.3 is 0 Å². The van der Waals surface area contributed by atoms with Crippen molar-refractivity contribution in [1.29, 1.82) is 0 Å². The van der Waals surface area contributed by atoms with Gasteiger partial charge in [0.15, 0.2) is 0 Å². The maximum atomic E-state index is 11.9. The Labute approximate surface area is 86.6 Å². The molecular formula is C11H22N2O. The maximum Gasteiger partial charge on any atom is 0.226 e. The first-order chi connectivity index (χ1) is 6.69. The van der Waals surface area contributed by atoms with E-state index >= 15 is 0 Å². The molecule has 0 aromatic carbocycles. The lowest BCUT2D eigenvalue weighted by atomic mass is 10.0. The highest BCUT2D eigenvalue weighted by Crippen LogP contribution is 2.29. The first-order valence-electron chi connectivity index (χ1n) is 5.64. The Balaban J connectivity index is 2.34. The number of carbonyl (C=O) groups excluding carboxylic acids is 1. The third-order valence-electron chi connectivity index (χ3n) is 2.88. The van der Waals surface area contributed by atoms with Gasteiger partial charge in [0, 0.05) is 20.1 Å². The monoisotopic (exact) mass is 198 g/mol. The van der Waals surface area contributed by atoms with E-state index in [9.17, 15) is 4.79 Å². The highest BCUT2D eigenvalue weighted by Gasteiger charge is 2.27. The van der Waals surface area contributed by atoms with E-state index in [0.717, 1.165) is 25.3 Å². The predicted molar refractivity (Wildman–Crippen MR) is 57.8 cm³/mol. The average molecular weight is 198 g/mol. The molecule has 0 spiro atoms. The quantitative estimate of drug-likeness (QED) is 0.697. The van der Waals surface area contributed by atoms with Crippen molar-refractivity contribution in [2.24, 2.45) is 17.6 Å². The van der Waals surface area contributed by atoms with E-state index in [0.29, 0.717) is 6.54 Å². The van der Waals surface area contributed by atoms with Crippen LogP contribution in [-0.4, -0.2) is 30.9 Å². The minimum Gasteiger partial charge on any atom is -0.345 e. The van der Waals surface area contributed by atoms with Crippen molar-refractivity contribution >= 4 is 5.91 Å². The molecule has 3 heteroatoms. The van der Waals surface area contributed by atoms with Crippen molar-refractivity contribution in [2.75, 3.05) is 20.1 Å². The maximum absolute atomic E-state index is 11.9. The van der Waals surface area contributed by atoms with Crippen LogP contribution in [0.3, 0.4) is 0 Å². The summed E-state index contributed by atoms with van der Waals surface area (Å²) >= 11 is 0. The van der Waals surface area contributed by atoms with Crippen LogP contribution in [0.25, 0.3) is 0 Å². The molecule has 0 radical (unpaired) electrons. The van der Waals surface area contributed by atoms with Crippen LogP contribution < -0.4 is 5.73 Å². The summed E-state index contributed by atoms with van der Waals surface area (Å²) in [5.41, 5.74) is 5.60. The van der Waals surface area contributed by atoms with Gasteiger partial charge in [-0.1, -0.05) is 13.3 Å². The molecule has 0 aromatic heterocycles. The molecule has 3 nitrogen and oxygen atoms in total. The Morgan fingerprint density at radius 1 is 1.57 bits per heavy atom. The van der Waals surface area contributed by atoms with Gasteiger partial charge in [-0.3, -0.25) is 4.79 Å². The van der Waals surface area contributed by atoms with Gasteiger partial charge in [-0.05, 0) is 25.2 Å². The van der Waals surface area contributed by atoms with Crippen molar-refractivity contribution in [2.45, 2.75) is 32.6 Å². The van der Waals surface area contributed by atoms with E-state index in [1.54, 1.807) is 0 Å². The Morgan fingerprint density at radius 3 is 2.64 bits per heavy atom. The number of amides is 1. The number of nitrogens with two attached hydrogens (primary N) is 1. The molecule has 0 heterocycles. The number of carbonyl (C=O) groups is 1. The van der Waals surface area contributed by atoms with Crippen molar-refractivity contribution < 1.29 is 4.79 Å². The van der Waals surface area contributed by atoms with Crippen LogP contribution in [0.2, 0.25) is 0 Å². The second kappa shape index (κ2) is 5.35. The van der Waals surface area contributed by atoms with Gasteiger partial charge in [0.05, 0.1) is 5.92 Å². The molecule has 1 rings (SSSR count). The third kappa shape index (κ3) is 3.29. The van der Waals surface area contributed by atoms with Crippen molar-refractivity contribution in [1.82, 2.24) is 4.90 Å². The molecule has 1 aliphatic carbocycles. The fraction of sp³-hybridized carbons (Fsp3) is 0.909. The van der Waals surface area contributed by atoms with E-state index in [1.165, 1.54) is 12.8 Å². The average Bonchev–Trinajstić information content (AvgIpc) is 2.96. The molecule has 1 aliphatic rings. The molecule has 1 atom stereocenters. The zero-order valence-corrected chi connectivity index (χ0v) is 9.33. The Hall–Kier alpha value is -0.570. The minimum absolute atomic E-state index is 0.0451. The highest BCUT2D eigenvalue weighted by molar-refractivity contribution is 5.78. The van der Waals surface area contributed by atoms with Crippen LogP contribution in [-0.2, 0) is 4.79 Å². The van der Waals surface area contributed by atoms with Crippen LogP contribution in [0.4, 0.5) is 0 Å². The number of nitrogens with zero attached hydrogens (tertiary/aromatic N) is 1. The van der Waals surface area contributed by atoms with Crippen LogP contribution in [0.5, 0.6) is 0 Å². The van der Waals surface area contributed by atoms with Crippen molar-refractivity contribution in [3.63, 3.8) is 0 Å². The van der Waals surface area contributed by atoms with Crippen LogP contribution in [0, 0.1) is 11.8 Å². The summed E-state index contributed by atoms with van der Waals surface area (Å²) in [5.74, 6) is 1.05. The fourth-order valence-electron chi connectivity index (χ4n) is 1.78. The number of hydrogen-bond acceptors (Lipinski definition) is 2. The topological polar surface area (TPSA) is 46.3 Å². The van der Waals surface area contributed by atoms with Gasteiger partial charge in [-0.15, -0.1) is 0 Å². The molecule has 14 heavy (non-hydrogen) atoms. The SMILES string of the molecule is CCCC(CN)C(=O)N(C)CC1CC1. The van der Waals surface area contributed by atoms with Crippen molar-refractivity contribution in [3.05, 3.63) is 0 Å². The first-order valence-corrected chi connectivity index (χ1v) is 5.64. The summed E-state index contributed by atoms with van der Waals surface area (Å²) in [6.45, 7) is 3.51. The van der Waals surface area contributed by atoms with E-state index < -0.39 is 0 Å². The van der Waals surface area contributed by atoms with Gasteiger partial charge in [0.2, 0.25) is 5.91 Å². The van der Waals surface area contributed by atoms with E-state index in [2.05, 4.69) is 6.92 Å². The standard InChI is InChI=1S/C11H22N2O/c1-3-4-10(7-12)11(14)13(2)8-9-5-6-9/h9-10H,3-8,12H2,1-2H3. The van der Waals surface area contributed by atoms with E-state index in [1.807, 2.05) is 11.9 Å². The van der Waals surface area contributed by atoms with Gasteiger partial charge in [-0.25, -0.2) is 0 Å². The van der Waals surface area contributed by atoms with Crippen LogP contribution in [0.1, 0.15) is 32.6 Å². The van der Waals surface area contributed by atoms with E-state index in [4.69, 9.17) is 5.73 Å². The zero-order chi connectivity index (χ0) is 10.6. The van der Waals surface area contributed by atoms with Crippen molar-refractivity contribution in [3.8, 4) is 0 Å². The molecule has 1 saturated carbocycles. The second-order valence-electron chi connectivity index (χ2n) is 4.38. The van der Waals surface area contributed by atoms with Gasteiger partial charge in [-0.2, -0.15) is 0 Å². The molecule has 0 aliphatic heterocycles. The Morgan fingerprint density at radius 2 is 2.21 bits per heavy atom. The summed E-state index contributed by atoms with van der Waals surface area (Å²) in [4.78, 5) is 13.7. The van der Waals surface area contributed by atoms with Gasteiger partial charge in [0.25, 0.3) is 0 Å². The lowest BCUT2D eigenvalue weighted by Gasteiger charge is -2.22. The third-order valence-corrected chi connectivity index (χ3v) is 2.88. The molecule has 2 N–H and O–H groups in total. The predicted octanol–water partition coefficient (Wildman–Crippen LogP) is 1.23. The first kappa shape index (κ1) is 11.5. The summed E-state index contributed by atoms with van der Waals surface area (Å²) in [6, 6.07) is 0. The lowest BCUT2D eigenvalue weighted by Crippen LogP contribution is -2.37. The molecule has 1 unspecified atom stereocenters. The van der Waals surface area contributed by atoms with E-state index in [-0.39, 0.29) is 11.8 Å². The van der Waals surface area contributed by atoms with Gasteiger partial charge in [0.1, 0.15) is 0 Å². The normalized spacial score (nSPS) is 17.9. The van der Waals surface area contributed by atoms with Crippen LogP contribution in [0.15, 0.2) is 0 Å². The lowest BCUT2D eigenvalue weighted by molar-refractivity contribution is -0.134. The molecule has 0 saturated heterocycles. The minimum atomic E-state index is 0.0451. The smallest absolute Gasteiger partial charge is 0.226 e. The summed E-state index contributed by atoms with van der Waals surface area (Å²) in [6.07, 6.45) is 4.53. The fourth-order valence-corrected chi connectivity index (χ4v) is 1.78. The molecule has 1 amide bonds. The summed E-state index contributed by atoms with van der Waals surface area (Å²) in [5, 5.41) is 0. The van der Waals surface area contributed by atoms with Crippen LogP contribution >= 0.6 is 0 Å². The summed E-state index contributed by atoms with van der Waals surface area (Å²) in [7, 11) is 1.90. The number of rotatable bonds is 6. The molecule has 0 bridgehead atoms. The largest absolute Gasteiger partial charge is 0.345 e. The molecule has 1 fully saturated rings. The molecule has 82 valence electrons. The van der Waals surface area contributed by atoms with Gasteiger partial charge < -0.3 is 10.6 Å². The zero-order valence-electron chi connectivity index (χ0n) is 9.33. The highest BCUT2D eigenvalue weighted by atomic mass is 16.2. The number of hydrogen-bond donors (Lipinski definition) is 1. The molecular weight excluding hydrogens is 176 g/mol. The summed E-state index contributed by atoms with van der Waals surface area (Å²) < 4.78 is 0.